The van der Waals surface area contributed by atoms with Crippen LogP contribution in [0.25, 0.3) is 0 Å². The zero-order valence-electron chi connectivity index (χ0n) is 11.3. The fourth-order valence-electron chi connectivity index (χ4n) is 1.68. The molecule has 0 aliphatic carbocycles. The lowest BCUT2D eigenvalue weighted by molar-refractivity contribution is 0.0600. The normalized spacial score (nSPS) is 11.0. The van der Waals surface area contributed by atoms with Crippen LogP contribution in [-0.2, 0) is 14.8 Å². The minimum atomic E-state index is -3.84. The van der Waals surface area contributed by atoms with Crippen molar-refractivity contribution in [3.8, 4) is 0 Å². The van der Waals surface area contributed by atoms with Crippen molar-refractivity contribution in [2.75, 3.05) is 11.8 Å². The molecule has 2 aromatic carbocycles. The SMILES string of the molecule is COC(=O)c1cccc(S(=O)(=O)Nc2ccc(Br)c(Cl)c2)c1. The molecule has 0 saturated carbocycles. The van der Waals surface area contributed by atoms with E-state index in [1.165, 1.54) is 37.4 Å². The molecule has 0 aliphatic heterocycles. The smallest absolute Gasteiger partial charge is 0.337 e. The molecule has 5 nitrogen and oxygen atoms in total. The van der Waals surface area contributed by atoms with Gasteiger partial charge in [-0.15, -0.1) is 0 Å². The Morgan fingerprint density at radius 1 is 1.23 bits per heavy atom. The molecule has 0 aliphatic rings. The second kappa shape index (κ2) is 6.68. The zero-order valence-corrected chi connectivity index (χ0v) is 14.5. The first-order chi connectivity index (χ1) is 10.3. The van der Waals surface area contributed by atoms with E-state index in [-0.39, 0.29) is 10.5 Å². The Morgan fingerprint density at radius 2 is 1.95 bits per heavy atom. The van der Waals surface area contributed by atoms with Gasteiger partial charge in [0, 0.05) is 4.47 Å². The number of halogens is 2. The average Bonchev–Trinajstić information content (AvgIpc) is 2.50. The molecule has 0 atom stereocenters. The van der Waals surface area contributed by atoms with E-state index >= 15 is 0 Å². The van der Waals surface area contributed by atoms with Gasteiger partial charge in [0.15, 0.2) is 0 Å². The lowest BCUT2D eigenvalue weighted by Crippen LogP contribution is -2.14. The summed E-state index contributed by atoms with van der Waals surface area (Å²) in [6.45, 7) is 0. The third kappa shape index (κ3) is 3.79. The maximum absolute atomic E-state index is 12.3. The molecule has 2 rings (SSSR count). The average molecular weight is 405 g/mol. The predicted octanol–water partition coefficient (Wildman–Crippen LogP) is 3.69. The molecule has 0 radical (unpaired) electrons. The molecule has 2 aromatic rings. The third-order valence-electron chi connectivity index (χ3n) is 2.74. The fraction of sp³-hybridized carbons (Fsp3) is 0.0714. The van der Waals surface area contributed by atoms with Crippen LogP contribution < -0.4 is 4.72 Å². The highest BCUT2D eigenvalue weighted by atomic mass is 79.9. The second-order valence-electron chi connectivity index (χ2n) is 4.25. The highest BCUT2D eigenvalue weighted by Gasteiger charge is 2.17. The largest absolute Gasteiger partial charge is 0.465 e. The molecule has 0 bridgehead atoms. The van der Waals surface area contributed by atoms with Gasteiger partial charge in [-0.1, -0.05) is 17.7 Å². The third-order valence-corrected chi connectivity index (χ3v) is 5.35. The van der Waals surface area contributed by atoms with E-state index in [2.05, 4.69) is 25.4 Å². The summed E-state index contributed by atoms with van der Waals surface area (Å²) < 4.78 is 32.3. The van der Waals surface area contributed by atoms with Gasteiger partial charge in [0.1, 0.15) is 0 Å². The van der Waals surface area contributed by atoms with Crippen LogP contribution in [0.1, 0.15) is 10.4 Å². The first-order valence-corrected chi connectivity index (χ1v) is 8.65. The van der Waals surface area contributed by atoms with Crippen molar-refractivity contribution in [1.82, 2.24) is 0 Å². The predicted molar refractivity (Wildman–Crippen MR) is 87.7 cm³/mol. The summed E-state index contributed by atoms with van der Waals surface area (Å²) in [6, 6.07) is 10.2. The maximum atomic E-state index is 12.3. The number of benzene rings is 2. The van der Waals surface area contributed by atoms with Crippen molar-refractivity contribution in [3.63, 3.8) is 0 Å². The van der Waals surface area contributed by atoms with E-state index in [1.54, 1.807) is 12.1 Å². The van der Waals surface area contributed by atoms with Crippen LogP contribution in [0.15, 0.2) is 51.8 Å². The van der Waals surface area contributed by atoms with Gasteiger partial charge in [0.25, 0.3) is 10.0 Å². The van der Waals surface area contributed by atoms with Crippen molar-refractivity contribution in [3.05, 3.63) is 57.5 Å². The van der Waals surface area contributed by atoms with Crippen LogP contribution in [0.5, 0.6) is 0 Å². The van der Waals surface area contributed by atoms with E-state index in [9.17, 15) is 13.2 Å². The van der Waals surface area contributed by atoms with Crippen molar-refractivity contribution < 1.29 is 17.9 Å². The Balaban J connectivity index is 2.34. The number of anilines is 1. The fourth-order valence-corrected chi connectivity index (χ4v) is 3.20. The first-order valence-electron chi connectivity index (χ1n) is 6.00. The number of hydrogen-bond donors (Lipinski definition) is 1. The monoisotopic (exact) mass is 403 g/mol. The van der Waals surface area contributed by atoms with Gasteiger partial charge in [-0.3, -0.25) is 4.72 Å². The topological polar surface area (TPSA) is 72.5 Å². The number of esters is 1. The highest BCUT2D eigenvalue weighted by Crippen LogP contribution is 2.27. The Labute approximate surface area is 141 Å². The van der Waals surface area contributed by atoms with Gasteiger partial charge in [0.2, 0.25) is 0 Å². The first kappa shape index (κ1) is 16.8. The quantitative estimate of drug-likeness (QED) is 0.789. The molecule has 0 aromatic heterocycles. The Morgan fingerprint density at radius 3 is 2.59 bits per heavy atom. The van der Waals surface area contributed by atoms with Gasteiger partial charge in [-0.05, 0) is 52.3 Å². The Hall–Kier alpha value is -1.57. The molecule has 0 heterocycles. The van der Waals surface area contributed by atoms with E-state index < -0.39 is 16.0 Å². The number of nitrogens with one attached hydrogen (secondary N) is 1. The summed E-state index contributed by atoms with van der Waals surface area (Å²) in [7, 11) is -2.61. The van der Waals surface area contributed by atoms with Crippen LogP contribution >= 0.6 is 27.5 Å². The molecular weight excluding hydrogens is 394 g/mol. The summed E-state index contributed by atoms with van der Waals surface area (Å²) in [4.78, 5) is 11.4. The summed E-state index contributed by atoms with van der Waals surface area (Å²) in [5, 5.41) is 0.378. The van der Waals surface area contributed by atoms with Crippen LogP contribution in [0.4, 0.5) is 5.69 Å². The van der Waals surface area contributed by atoms with Gasteiger partial charge >= 0.3 is 5.97 Å². The van der Waals surface area contributed by atoms with E-state index in [4.69, 9.17) is 11.6 Å². The van der Waals surface area contributed by atoms with Crippen molar-refractivity contribution in [1.29, 1.82) is 0 Å². The lowest BCUT2D eigenvalue weighted by atomic mass is 10.2. The second-order valence-corrected chi connectivity index (χ2v) is 7.20. The molecule has 8 heteroatoms. The van der Waals surface area contributed by atoms with E-state index in [0.29, 0.717) is 15.2 Å². The Bertz CT molecular complexity index is 823. The minimum Gasteiger partial charge on any atom is -0.465 e. The van der Waals surface area contributed by atoms with Gasteiger partial charge in [-0.25, -0.2) is 13.2 Å². The maximum Gasteiger partial charge on any atom is 0.337 e. The molecule has 1 N–H and O–H groups in total. The number of rotatable bonds is 4. The summed E-state index contributed by atoms with van der Waals surface area (Å²) in [5.74, 6) is -0.608. The number of methoxy groups -OCH3 is 1. The summed E-state index contributed by atoms with van der Waals surface area (Å²) >= 11 is 9.16. The van der Waals surface area contributed by atoms with Gasteiger partial charge < -0.3 is 4.74 Å². The summed E-state index contributed by atoms with van der Waals surface area (Å²) in [6.07, 6.45) is 0. The van der Waals surface area contributed by atoms with Crippen LogP contribution in [0.2, 0.25) is 5.02 Å². The molecule has 0 saturated heterocycles. The molecule has 0 amide bonds. The van der Waals surface area contributed by atoms with Crippen LogP contribution in [0.3, 0.4) is 0 Å². The van der Waals surface area contributed by atoms with E-state index in [0.717, 1.165) is 0 Å². The van der Waals surface area contributed by atoms with Crippen LogP contribution in [-0.4, -0.2) is 21.5 Å². The molecule has 22 heavy (non-hydrogen) atoms. The van der Waals surface area contributed by atoms with Crippen LogP contribution in [0, 0.1) is 0 Å². The molecular formula is C14H11BrClNO4S. The van der Waals surface area contributed by atoms with Crippen molar-refractivity contribution in [2.24, 2.45) is 0 Å². The van der Waals surface area contributed by atoms with Gasteiger partial charge in [0.05, 0.1) is 28.3 Å². The van der Waals surface area contributed by atoms with E-state index in [1.807, 2.05) is 0 Å². The lowest BCUT2D eigenvalue weighted by Gasteiger charge is -2.09. The number of carbonyl (C=O) groups excluding carboxylic acids is 1. The number of ether oxygens (including phenoxy) is 1. The minimum absolute atomic E-state index is 0.0468. The van der Waals surface area contributed by atoms with Crippen molar-refractivity contribution in [2.45, 2.75) is 4.90 Å². The highest BCUT2D eigenvalue weighted by molar-refractivity contribution is 9.10. The Kier molecular flexibility index (Phi) is 5.10. The number of carbonyl (C=O) groups is 1. The summed E-state index contributed by atoms with van der Waals surface area (Å²) in [5.41, 5.74) is 0.468. The standard InChI is InChI=1S/C14H11BrClNO4S/c1-21-14(18)9-3-2-4-11(7-9)22(19,20)17-10-5-6-12(15)13(16)8-10/h2-8,17H,1H3. The molecule has 0 spiro atoms. The number of sulfonamides is 1. The van der Waals surface area contributed by atoms with Crippen molar-refractivity contribution >= 4 is 49.2 Å². The van der Waals surface area contributed by atoms with Gasteiger partial charge in [-0.2, -0.15) is 0 Å². The molecule has 116 valence electrons. The molecule has 0 unspecified atom stereocenters. The zero-order chi connectivity index (χ0) is 16.3. The number of hydrogen-bond acceptors (Lipinski definition) is 4. The molecule has 0 fully saturated rings.